The predicted molar refractivity (Wildman–Crippen MR) is 137 cm³/mol. The number of unbranched alkanes of at least 4 members (excludes halogenated alkanes) is 8. The van der Waals surface area contributed by atoms with Crippen molar-refractivity contribution in [1.82, 2.24) is 0 Å². The lowest BCUT2D eigenvalue weighted by Crippen LogP contribution is -2.03. The largest absolute Gasteiger partial charge is 0.394 e. The minimum Gasteiger partial charge on any atom is -0.394 e. The summed E-state index contributed by atoms with van der Waals surface area (Å²) < 4.78 is 12.9. The number of cyclic esters (lactones) is 4. The first-order valence-corrected chi connectivity index (χ1v) is 13.1. The van der Waals surface area contributed by atoms with E-state index in [-0.39, 0.29) is 24.7 Å². The van der Waals surface area contributed by atoms with Crippen molar-refractivity contribution in [1.29, 1.82) is 0 Å². The number of hydrogen-bond acceptors (Lipinski definition) is 9. The van der Waals surface area contributed by atoms with E-state index in [4.69, 9.17) is 0 Å². The molecule has 0 aromatic rings. The molecular formula is C28H42O9. The zero-order valence-electron chi connectivity index (χ0n) is 22.6. The fourth-order valence-electron chi connectivity index (χ4n) is 3.38. The first-order chi connectivity index (χ1) is 17.6. The van der Waals surface area contributed by atoms with Gasteiger partial charge < -0.3 is 14.2 Å². The molecule has 0 amide bonds. The Hall–Kier alpha value is -3.10. The van der Waals surface area contributed by atoms with E-state index in [2.05, 4.69) is 28.1 Å². The van der Waals surface area contributed by atoms with Gasteiger partial charge in [-0.2, -0.15) is 0 Å². The molecule has 0 aromatic heterocycles. The molecule has 37 heavy (non-hydrogen) atoms. The van der Waals surface area contributed by atoms with Crippen molar-refractivity contribution in [3.05, 3.63) is 24.3 Å². The van der Waals surface area contributed by atoms with Crippen molar-refractivity contribution in [2.24, 2.45) is 11.8 Å². The van der Waals surface area contributed by atoms with Gasteiger partial charge >= 0.3 is 35.8 Å². The van der Waals surface area contributed by atoms with Crippen molar-refractivity contribution in [2.75, 3.05) is 0 Å². The Bertz CT molecular complexity index is 744. The van der Waals surface area contributed by atoms with Crippen molar-refractivity contribution in [3.8, 4) is 0 Å². The maximum atomic E-state index is 11.1. The summed E-state index contributed by atoms with van der Waals surface area (Å²) in [5, 5.41) is 0. The normalized spacial score (nSPS) is 18.7. The van der Waals surface area contributed by atoms with Gasteiger partial charge in [-0.05, 0) is 25.7 Å². The molecule has 0 aromatic carbocycles. The maximum Gasteiger partial charge on any atom is 0.321 e. The lowest BCUT2D eigenvalue weighted by Gasteiger charge is -1.96. The number of esters is 6. The van der Waals surface area contributed by atoms with Gasteiger partial charge in [-0.3, -0.25) is 28.8 Å². The topological polar surface area (TPSA) is 130 Å². The summed E-state index contributed by atoms with van der Waals surface area (Å²) in [7, 11) is 0. The molecule has 2 rings (SSSR count). The van der Waals surface area contributed by atoms with Crippen LogP contribution < -0.4 is 0 Å². The van der Waals surface area contributed by atoms with E-state index in [1.165, 1.54) is 52.4 Å². The Morgan fingerprint density at radius 3 is 1.32 bits per heavy atom. The van der Waals surface area contributed by atoms with E-state index in [1.54, 1.807) is 12.2 Å². The average molecular weight is 523 g/mol. The Morgan fingerprint density at radius 1 is 0.703 bits per heavy atom. The molecule has 2 aliphatic heterocycles. The molecule has 0 spiro atoms. The van der Waals surface area contributed by atoms with Crippen LogP contribution in [0.25, 0.3) is 0 Å². The van der Waals surface area contributed by atoms with Gasteiger partial charge in [-0.25, -0.2) is 0 Å². The number of ether oxygens (including phenoxy) is 3. The standard InChI is InChI=1S/2C12H18O3.C4H6O3/c2*1-2-3-4-5-6-7-8-10-9-11(13)15-12(10)14;1-3(5)7-4(2)6/h2*7-8,10H,2-6,9H2,1H3;1-2H3. The van der Waals surface area contributed by atoms with Crippen LogP contribution in [0.15, 0.2) is 24.3 Å². The summed E-state index contributed by atoms with van der Waals surface area (Å²) in [4.78, 5) is 63.3. The van der Waals surface area contributed by atoms with E-state index < -0.39 is 35.8 Å². The van der Waals surface area contributed by atoms with Gasteiger partial charge in [0, 0.05) is 13.8 Å². The smallest absolute Gasteiger partial charge is 0.321 e. The second-order valence-corrected chi connectivity index (χ2v) is 8.85. The van der Waals surface area contributed by atoms with E-state index in [9.17, 15) is 28.8 Å². The monoisotopic (exact) mass is 522 g/mol. The molecule has 2 unspecified atom stereocenters. The Labute approximate surface area is 220 Å². The van der Waals surface area contributed by atoms with Crippen LogP contribution in [0.4, 0.5) is 0 Å². The van der Waals surface area contributed by atoms with Crippen LogP contribution in [0.1, 0.15) is 105 Å². The number of rotatable bonds is 12. The van der Waals surface area contributed by atoms with Crippen molar-refractivity contribution in [3.63, 3.8) is 0 Å². The molecule has 0 aliphatic carbocycles. The second-order valence-electron chi connectivity index (χ2n) is 8.85. The zero-order chi connectivity index (χ0) is 28.1. The number of carbonyl (C=O) groups excluding carboxylic acids is 6. The lowest BCUT2D eigenvalue weighted by molar-refractivity contribution is -0.157. The van der Waals surface area contributed by atoms with E-state index in [0.717, 1.165) is 25.7 Å². The highest BCUT2D eigenvalue weighted by Crippen LogP contribution is 2.18. The molecular weight excluding hydrogens is 480 g/mol. The first kappa shape index (κ1) is 33.9. The van der Waals surface area contributed by atoms with E-state index in [1.807, 2.05) is 12.2 Å². The minimum absolute atomic E-state index is 0.213. The molecule has 0 saturated carbocycles. The van der Waals surface area contributed by atoms with Gasteiger partial charge in [-0.1, -0.05) is 76.7 Å². The number of hydrogen-bond donors (Lipinski definition) is 0. The van der Waals surface area contributed by atoms with Gasteiger partial charge in [-0.15, -0.1) is 0 Å². The predicted octanol–water partition coefficient (Wildman–Crippen LogP) is 5.30. The van der Waals surface area contributed by atoms with Crippen molar-refractivity contribution < 1.29 is 43.0 Å². The molecule has 2 aliphatic rings. The highest BCUT2D eigenvalue weighted by Gasteiger charge is 2.31. The third-order valence-corrected chi connectivity index (χ3v) is 5.28. The molecule has 2 saturated heterocycles. The molecule has 0 N–H and O–H groups in total. The molecule has 0 bridgehead atoms. The highest BCUT2D eigenvalue weighted by atomic mass is 16.6. The molecule has 208 valence electrons. The summed E-state index contributed by atoms with van der Waals surface area (Å²) in [5.41, 5.74) is 0. The minimum atomic E-state index is -0.562. The van der Waals surface area contributed by atoms with Crippen LogP contribution in [0, 0.1) is 11.8 Å². The van der Waals surface area contributed by atoms with Gasteiger partial charge in [0.05, 0.1) is 24.7 Å². The first-order valence-electron chi connectivity index (χ1n) is 13.1. The SMILES string of the molecule is CC(=O)OC(C)=O.CCCCCCC=CC1CC(=O)OC1=O.CCCCCCC=CC1CC(=O)OC1=O. The third kappa shape index (κ3) is 18.8. The molecule has 2 heterocycles. The van der Waals surface area contributed by atoms with Crippen LogP contribution in [0.5, 0.6) is 0 Å². The number of allylic oxidation sites excluding steroid dienone is 2. The van der Waals surface area contributed by atoms with Crippen LogP contribution >= 0.6 is 0 Å². The maximum absolute atomic E-state index is 11.1. The second kappa shape index (κ2) is 21.0. The summed E-state index contributed by atoms with van der Waals surface area (Å²) >= 11 is 0. The molecule has 2 atom stereocenters. The van der Waals surface area contributed by atoms with Crippen LogP contribution in [0.3, 0.4) is 0 Å². The fraction of sp³-hybridized carbons (Fsp3) is 0.643. The van der Waals surface area contributed by atoms with Gasteiger partial charge in [0.2, 0.25) is 0 Å². The van der Waals surface area contributed by atoms with Crippen molar-refractivity contribution >= 4 is 35.8 Å². The van der Waals surface area contributed by atoms with Gasteiger partial charge in [0.25, 0.3) is 0 Å². The van der Waals surface area contributed by atoms with E-state index in [0.29, 0.717) is 0 Å². The van der Waals surface area contributed by atoms with E-state index >= 15 is 0 Å². The van der Waals surface area contributed by atoms with Crippen LogP contribution in [-0.4, -0.2) is 35.8 Å². The average Bonchev–Trinajstić information content (AvgIpc) is 3.31. The molecule has 9 nitrogen and oxygen atoms in total. The quantitative estimate of drug-likeness (QED) is 0.110. The zero-order valence-corrected chi connectivity index (χ0v) is 22.6. The molecule has 0 radical (unpaired) electrons. The Balaban J connectivity index is 0.000000563. The van der Waals surface area contributed by atoms with Crippen LogP contribution in [0.2, 0.25) is 0 Å². The summed E-state index contributed by atoms with van der Waals surface area (Å²) in [5.74, 6) is -3.39. The molecule has 2 fully saturated rings. The van der Waals surface area contributed by atoms with Crippen LogP contribution in [-0.2, 0) is 43.0 Å². The summed E-state index contributed by atoms with van der Waals surface area (Å²) in [6, 6.07) is 0. The summed E-state index contributed by atoms with van der Waals surface area (Å²) in [6.07, 6.45) is 19.7. The Morgan fingerprint density at radius 2 is 1.08 bits per heavy atom. The third-order valence-electron chi connectivity index (χ3n) is 5.28. The lowest BCUT2D eigenvalue weighted by atomic mass is 10.1. The van der Waals surface area contributed by atoms with Gasteiger partial charge in [0.1, 0.15) is 0 Å². The highest BCUT2D eigenvalue weighted by molar-refractivity contribution is 5.96. The van der Waals surface area contributed by atoms with Crippen molar-refractivity contribution in [2.45, 2.75) is 105 Å². The Kier molecular flexibility index (Phi) is 19.3. The van der Waals surface area contributed by atoms with Gasteiger partial charge in [0.15, 0.2) is 0 Å². The summed E-state index contributed by atoms with van der Waals surface area (Å²) in [6.45, 7) is 6.72. The fourth-order valence-corrected chi connectivity index (χ4v) is 3.38. The molecule has 9 heteroatoms. The number of carbonyl (C=O) groups is 6.